The van der Waals surface area contributed by atoms with E-state index in [1.165, 1.54) is 18.2 Å². The van der Waals surface area contributed by atoms with Gasteiger partial charge in [0.05, 0.1) is 28.2 Å². The van der Waals surface area contributed by atoms with Crippen molar-refractivity contribution in [3.8, 4) is 0 Å². The highest BCUT2D eigenvalue weighted by Gasteiger charge is 2.32. The number of sulfonamides is 1. The Morgan fingerprint density at radius 3 is 2.52 bits per heavy atom. The number of anilines is 1. The lowest BCUT2D eigenvalue weighted by molar-refractivity contribution is -0.137. The van der Waals surface area contributed by atoms with Gasteiger partial charge in [-0.05, 0) is 24.3 Å². The van der Waals surface area contributed by atoms with E-state index < -0.39 is 38.6 Å². The molecule has 0 aliphatic rings. The van der Waals surface area contributed by atoms with E-state index in [9.17, 15) is 26.4 Å². The van der Waals surface area contributed by atoms with Gasteiger partial charge < -0.3 is 4.74 Å². The summed E-state index contributed by atoms with van der Waals surface area (Å²) < 4.78 is 68.8. The lowest BCUT2D eigenvalue weighted by Crippen LogP contribution is -2.16. The maximum Gasteiger partial charge on any atom is 0.417 e. The summed E-state index contributed by atoms with van der Waals surface area (Å²) >= 11 is 5.67. The molecule has 0 saturated carbocycles. The highest BCUT2D eigenvalue weighted by Crippen LogP contribution is 2.33. The van der Waals surface area contributed by atoms with Crippen molar-refractivity contribution in [2.24, 2.45) is 0 Å². The van der Waals surface area contributed by atoms with Gasteiger partial charge in [0.25, 0.3) is 10.0 Å². The lowest BCUT2D eigenvalue weighted by atomic mass is 10.2. The zero-order chi connectivity index (χ0) is 18.8. The van der Waals surface area contributed by atoms with E-state index >= 15 is 0 Å². The maximum absolute atomic E-state index is 12.6. The van der Waals surface area contributed by atoms with Gasteiger partial charge in [0.1, 0.15) is 0 Å². The molecule has 11 heteroatoms. The molecule has 0 fully saturated rings. The first kappa shape index (κ1) is 19.0. The summed E-state index contributed by atoms with van der Waals surface area (Å²) in [6.45, 7) is 0. The maximum atomic E-state index is 12.6. The Morgan fingerprint density at radius 1 is 1.28 bits per heavy atom. The molecule has 0 aliphatic heterocycles. The van der Waals surface area contributed by atoms with E-state index in [0.717, 1.165) is 13.2 Å². The van der Waals surface area contributed by atoms with Gasteiger partial charge in [0.2, 0.25) is 0 Å². The highest BCUT2D eigenvalue weighted by atomic mass is 35.5. The summed E-state index contributed by atoms with van der Waals surface area (Å²) in [5.41, 5.74) is -1.13. The molecule has 2 rings (SSSR count). The van der Waals surface area contributed by atoms with Gasteiger partial charge >= 0.3 is 12.1 Å². The summed E-state index contributed by atoms with van der Waals surface area (Å²) in [6.07, 6.45) is -4.21. The standard InChI is InChI=1S/C14H10ClF3N2O4S/c1-24-13(21)8-3-2-4-10(5-8)25(22,23)20-12-11(15)6-9(7-19-12)14(16,17)18/h2-7H,1H3,(H,19,20). The van der Waals surface area contributed by atoms with Gasteiger partial charge in [-0.2, -0.15) is 13.2 Å². The number of rotatable bonds is 4. The van der Waals surface area contributed by atoms with Crippen molar-refractivity contribution in [2.45, 2.75) is 11.1 Å². The number of hydrogen-bond acceptors (Lipinski definition) is 5. The van der Waals surface area contributed by atoms with Crippen molar-refractivity contribution in [3.63, 3.8) is 0 Å². The fraction of sp³-hybridized carbons (Fsp3) is 0.143. The predicted octanol–water partition coefficient (Wildman–Crippen LogP) is 3.34. The number of halogens is 4. The quantitative estimate of drug-likeness (QED) is 0.804. The van der Waals surface area contributed by atoms with Crippen LogP contribution in [0.4, 0.5) is 19.0 Å². The van der Waals surface area contributed by atoms with E-state index in [0.29, 0.717) is 12.3 Å². The number of nitrogens with one attached hydrogen (secondary N) is 1. The summed E-state index contributed by atoms with van der Waals surface area (Å²) in [5, 5.41) is -0.525. The number of benzene rings is 1. The first-order valence-corrected chi connectivity index (χ1v) is 8.34. The Balaban J connectivity index is 2.35. The largest absolute Gasteiger partial charge is 0.465 e. The summed E-state index contributed by atoms with van der Waals surface area (Å²) in [7, 11) is -3.10. The van der Waals surface area contributed by atoms with Crippen molar-refractivity contribution >= 4 is 33.4 Å². The third-order valence-corrected chi connectivity index (χ3v) is 4.59. The van der Waals surface area contributed by atoms with Crippen LogP contribution in [0.2, 0.25) is 5.02 Å². The molecule has 0 bridgehead atoms. The molecular weight excluding hydrogens is 385 g/mol. The van der Waals surface area contributed by atoms with E-state index in [2.05, 4.69) is 9.72 Å². The Kier molecular flexibility index (Phi) is 5.23. The Hall–Kier alpha value is -2.33. The van der Waals surface area contributed by atoms with E-state index in [1.54, 1.807) is 0 Å². The van der Waals surface area contributed by atoms with E-state index in [1.807, 2.05) is 4.72 Å². The summed E-state index contributed by atoms with van der Waals surface area (Å²) in [5.74, 6) is -1.22. The van der Waals surface area contributed by atoms with Crippen LogP contribution >= 0.6 is 11.6 Å². The number of hydrogen-bond donors (Lipinski definition) is 1. The van der Waals surface area contributed by atoms with Crippen molar-refractivity contribution in [2.75, 3.05) is 11.8 Å². The molecule has 0 unspecified atom stereocenters. The Labute approximate surface area is 145 Å². The monoisotopic (exact) mass is 394 g/mol. The topological polar surface area (TPSA) is 85.4 Å². The van der Waals surface area contributed by atoms with Crippen LogP contribution in [0.3, 0.4) is 0 Å². The van der Waals surface area contributed by atoms with Crippen LogP contribution in [0.5, 0.6) is 0 Å². The van der Waals surface area contributed by atoms with Gasteiger partial charge in [-0.25, -0.2) is 18.2 Å². The van der Waals surface area contributed by atoms with Gasteiger partial charge in [-0.15, -0.1) is 0 Å². The van der Waals surface area contributed by atoms with Crippen molar-refractivity contribution in [1.29, 1.82) is 0 Å². The molecular formula is C14H10ClF3N2O4S. The molecule has 25 heavy (non-hydrogen) atoms. The number of esters is 1. The van der Waals surface area contributed by atoms with Crippen LogP contribution in [0.15, 0.2) is 41.4 Å². The van der Waals surface area contributed by atoms with E-state index in [4.69, 9.17) is 11.6 Å². The first-order chi connectivity index (χ1) is 11.5. The van der Waals surface area contributed by atoms with Crippen LogP contribution in [-0.4, -0.2) is 26.5 Å². The molecule has 0 radical (unpaired) electrons. The Bertz CT molecular complexity index is 917. The van der Waals surface area contributed by atoms with Crippen molar-refractivity contribution < 1.29 is 31.1 Å². The van der Waals surface area contributed by atoms with Crippen LogP contribution in [0.25, 0.3) is 0 Å². The average molecular weight is 395 g/mol. The molecule has 0 spiro atoms. The number of carbonyl (C=O) groups is 1. The second-order valence-corrected chi connectivity index (χ2v) is 6.77. The van der Waals surface area contributed by atoms with Crippen LogP contribution in [0, 0.1) is 0 Å². The zero-order valence-electron chi connectivity index (χ0n) is 12.5. The second kappa shape index (κ2) is 6.89. The fourth-order valence-corrected chi connectivity index (χ4v) is 3.11. The van der Waals surface area contributed by atoms with Crippen LogP contribution in [-0.2, 0) is 20.9 Å². The molecule has 6 nitrogen and oxygen atoms in total. The molecule has 1 aromatic carbocycles. The highest BCUT2D eigenvalue weighted by molar-refractivity contribution is 7.92. The van der Waals surface area contributed by atoms with Crippen molar-refractivity contribution in [3.05, 3.63) is 52.7 Å². The van der Waals surface area contributed by atoms with Gasteiger partial charge in [-0.3, -0.25) is 4.72 Å². The summed E-state index contributed by atoms with van der Waals surface area (Å²) in [6, 6.07) is 5.44. The molecule has 0 saturated heterocycles. The van der Waals surface area contributed by atoms with Crippen LogP contribution in [0.1, 0.15) is 15.9 Å². The minimum atomic E-state index is -4.66. The molecule has 1 aromatic heterocycles. The number of pyridine rings is 1. The van der Waals surface area contributed by atoms with Crippen molar-refractivity contribution in [1.82, 2.24) is 4.98 Å². The molecule has 0 aliphatic carbocycles. The number of alkyl halides is 3. The number of ether oxygens (including phenoxy) is 1. The number of nitrogens with zero attached hydrogens (tertiary/aromatic N) is 1. The first-order valence-electron chi connectivity index (χ1n) is 6.48. The second-order valence-electron chi connectivity index (χ2n) is 4.68. The molecule has 0 atom stereocenters. The third-order valence-electron chi connectivity index (χ3n) is 2.96. The minimum absolute atomic E-state index is 0.0168. The smallest absolute Gasteiger partial charge is 0.417 e. The zero-order valence-corrected chi connectivity index (χ0v) is 14.0. The number of aromatic nitrogens is 1. The lowest BCUT2D eigenvalue weighted by Gasteiger charge is -2.11. The average Bonchev–Trinajstić information content (AvgIpc) is 2.55. The third kappa shape index (κ3) is 4.40. The molecule has 0 amide bonds. The van der Waals surface area contributed by atoms with Gasteiger partial charge in [-0.1, -0.05) is 17.7 Å². The van der Waals surface area contributed by atoms with Gasteiger partial charge in [0.15, 0.2) is 5.82 Å². The number of methoxy groups -OCH3 is 1. The molecule has 1 N–H and O–H groups in total. The molecule has 2 aromatic rings. The molecule has 134 valence electrons. The van der Waals surface area contributed by atoms with E-state index in [-0.39, 0.29) is 10.5 Å². The predicted molar refractivity (Wildman–Crippen MR) is 82.8 cm³/mol. The fourth-order valence-electron chi connectivity index (χ4n) is 1.76. The van der Waals surface area contributed by atoms with Gasteiger partial charge in [0, 0.05) is 6.20 Å². The summed E-state index contributed by atoms with van der Waals surface area (Å²) in [4.78, 5) is 14.5. The Morgan fingerprint density at radius 2 is 1.96 bits per heavy atom. The normalized spacial score (nSPS) is 11.9. The minimum Gasteiger partial charge on any atom is -0.465 e. The molecule has 1 heterocycles. The SMILES string of the molecule is COC(=O)c1cccc(S(=O)(=O)Nc2ncc(C(F)(F)F)cc2Cl)c1. The van der Waals surface area contributed by atoms with Crippen LogP contribution < -0.4 is 4.72 Å². The number of carbonyl (C=O) groups excluding carboxylic acids is 1.